The van der Waals surface area contributed by atoms with Crippen molar-refractivity contribution in [1.82, 2.24) is 5.43 Å². The summed E-state index contributed by atoms with van der Waals surface area (Å²) in [6, 6.07) is 5.59. The van der Waals surface area contributed by atoms with Crippen molar-refractivity contribution >= 4 is 28.8 Å². The number of nitrogens with zero attached hydrogens (tertiary/aromatic N) is 2. The van der Waals surface area contributed by atoms with Crippen LogP contribution in [0.5, 0.6) is 0 Å². The van der Waals surface area contributed by atoms with Gasteiger partial charge in [0.05, 0.1) is 12.2 Å². The van der Waals surface area contributed by atoms with Crippen molar-refractivity contribution < 1.29 is 0 Å². The van der Waals surface area contributed by atoms with E-state index in [2.05, 4.69) is 22.3 Å². The molecule has 0 fully saturated rings. The van der Waals surface area contributed by atoms with Crippen LogP contribution in [0, 0.1) is 0 Å². The van der Waals surface area contributed by atoms with Gasteiger partial charge in [-0.15, -0.1) is 0 Å². The van der Waals surface area contributed by atoms with Gasteiger partial charge in [0.1, 0.15) is 5.84 Å². The minimum absolute atomic E-state index is 0.478. The van der Waals surface area contributed by atoms with Crippen LogP contribution >= 0.6 is 11.6 Å². The Morgan fingerprint density at radius 1 is 1.50 bits per heavy atom. The van der Waals surface area contributed by atoms with Crippen molar-refractivity contribution in [3.8, 4) is 0 Å². The second-order valence-electron chi connectivity index (χ2n) is 3.48. The van der Waals surface area contributed by atoms with Crippen LogP contribution in [-0.2, 0) is 0 Å². The molecule has 0 bridgehead atoms. The van der Waals surface area contributed by atoms with Gasteiger partial charge in [0.15, 0.2) is 0 Å². The highest BCUT2D eigenvalue weighted by atomic mass is 35.5. The number of benzene rings is 1. The maximum Gasteiger partial charge on any atom is 0.138 e. The number of hydrazine groups is 1. The number of hydrogen-bond acceptors (Lipinski definition) is 4. The summed E-state index contributed by atoms with van der Waals surface area (Å²) in [4.78, 5) is 8.87. The van der Waals surface area contributed by atoms with E-state index >= 15 is 0 Å². The second kappa shape index (κ2) is 4.63. The Kier molecular flexibility index (Phi) is 3.22. The fourth-order valence-electron chi connectivity index (χ4n) is 1.65. The number of hydrogen-bond donors (Lipinski definition) is 2. The Bertz CT molecular complexity index is 465. The standard InChI is InChI=1S/C11H13ClN4/c1-2-9-8-5-7(12)3-4-10(8)15-11(16-13)6-14-9/h3-5H,2,6,13H2,1H3,(H,15,16). The van der Waals surface area contributed by atoms with Gasteiger partial charge in [-0.3, -0.25) is 4.99 Å². The monoisotopic (exact) mass is 236 g/mol. The molecule has 1 aromatic carbocycles. The van der Waals surface area contributed by atoms with Crippen molar-refractivity contribution in [2.24, 2.45) is 15.8 Å². The molecule has 0 aromatic heterocycles. The normalized spacial score (nSPS) is 14.7. The molecule has 0 saturated carbocycles. The summed E-state index contributed by atoms with van der Waals surface area (Å²) in [5.74, 6) is 6.03. The molecule has 0 spiro atoms. The molecule has 2 rings (SSSR count). The molecule has 1 heterocycles. The van der Waals surface area contributed by atoms with Crippen molar-refractivity contribution in [1.29, 1.82) is 0 Å². The van der Waals surface area contributed by atoms with Gasteiger partial charge >= 0.3 is 0 Å². The Balaban J connectivity index is 2.57. The molecule has 0 saturated heterocycles. The third-order valence-corrected chi connectivity index (χ3v) is 2.68. The van der Waals surface area contributed by atoms with Gasteiger partial charge in [0.25, 0.3) is 0 Å². The molecule has 84 valence electrons. The maximum atomic E-state index is 5.98. The summed E-state index contributed by atoms with van der Waals surface area (Å²) < 4.78 is 0. The van der Waals surface area contributed by atoms with E-state index in [-0.39, 0.29) is 0 Å². The van der Waals surface area contributed by atoms with E-state index in [0.717, 1.165) is 23.4 Å². The molecule has 3 N–H and O–H groups in total. The Morgan fingerprint density at radius 2 is 2.31 bits per heavy atom. The summed E-state index contributed by atoms with van der Waals surface area (Å²) in [6.45, 7) is 2.54. The first kappa shape index (κ1) is 11.1. The second-order valence-corrected chi connectivity index (χ2v) is 3.92. The van der Waals surface area contributed by atoms with Gasteiger partial charge < -0.3 is 5.43 Å². The number of aliphatic imine (C=N–C) groups is 2. The Labute approximate surface area is 99.2 Å². The average molecular weight is 237 g/mol. The predicted octanol–water partition coefficient (Wildman–Crippen LogP) is 2.05. The van der Waals surface area contributed by atoms with Crippen LogP contribution in [0.2, 0.25) is 5.02 Å². The van der Waals surface area contributed by atoms with Crippen LogP contribution in [0.3, 0.4) is 0 Å². The lowest BCUT2D eigenvalue weighted by Crippen LogP contribution is -2.32. The van der Waals surface area contributed by atoms with E-state index < -0.39 is 0 Å². The van der Waals surface area contributed by atoms with E-state index in [9.17, 15) is 0 Å². The lowest BCUT2D eigenvalue weighted by atomic mass is 10.1. The Morgan fingerprint density at radius 3 is 3.00 bits per heavy atom. The van der Waals surface area contributed by atoms with E-state index in [1.807, 2.05) is 18.2 Å². The smallest absolute Gasteiger partial charge is 0.138 e. The molecule has 0 unspecified atom stereocenters. The quantitative estimate of drug-likeness (QED) is 0.579. The van der Waals surface area contributed by atoms with Crippen LogP contribution in [0.4, 0.5) is 5.69 Å². The van der Waals surface area contributed by atoms with Crippen LogP contribution in [0.25, 0.3) is 0 Å². The van der Waals surface area contributed by atoms with E-state index in [1.54, 1.807) is 0 Å². The third-order valence-electron chi connectivity index (χ3n) is 2.45. The largest absolute Gasteiger partial charge is 0.310 e. The molecule has 5 heteroatoms. The highest BCUT2D eigenvalue weighted by molar-refractivity contribution is 6.31. The SMILES string of the molecule is CCC1=NCC(NN)=Nc2ccc(Cl)cc21. The minimum Gasteiger partial charge on any atom is -0.310 e. The summed E-state index contributed by atoms with van der Waals surface area (Å²) in [5.41, 5.74) is 5.40. The summed E-state index contributed by atoms with van der Waals surface area (Å²) in [6.07, 6.45) is 0.848. The fraction of sp³-hybridized carbons (Fsp3) is 0.273. The van der Waals surface area contributed by atoms with Gasteiger partial charge in [-0.05, 0) is 24.6 Å². The van der Waals surface area contributed by atoms with Gasteiger partial charge in [-0.2, -0.15) is 0 Å². The minimum atomic E-state index is 0.478. The molecule has 0 atom stereocenters. The van der Waals surface area contributed by atoms with Gasteiger partial charge in [-0.1, -0.05) is 18.5 Å². The highest BCUT2D eigenvalue weighted by Gasteiger charge is 2.12. The highest BCUT2D eigenvalue weighted by Crippen LogP contribution is 2.26. The van der Waals surface area contributed by atoms with Gasteiger partial charge in [0, 0.05) is 16.3 Å². The van der Waals surface area contributed by atoms with Crippen LogP contribution in [-0.4, -0.2) is 18.1 Å². The molecule has 0 aliphatic carbocycles. The molecule has 0 amide bonds. The van der Waals surface area contributed by atoms with Gasteiger partial charge in [-0.25, -0.2) is 10.8 Å². The molecular formula is C11H13ClN4. The van der Waals surface area contributed by atoms with E-state index in [1.165, 1.54) is 0 Å². The molecular weight excluding hydrogens is 224 g/mol. The van der Waals surface area contributed by atoms with E-state index in [4.69, 9.17) is 17.4 Å². The zero-order valence-corrected chi connectivity index (χ0v) is 9.75. The predicted molar refractivity (Wildman–Crippen MR) is 67.6 cm³/mol. The molecule has 1 aromatic rings. The third kappa shape index (κ3) is 2.08. The number of nitrogens with two attached hydrogens (primary N) is 1. The van der Waals surface area contributed by atoms with Crippen molar-refractivity contribution in [2.45, 2.75) is 13.3 Å². The number of amidine groups is 1. The summed E-state index contributed by atoms with van der Waals surface area (Å²) in [5, 5.41) is 0.694. The van der Waals surface area contributed by atoms with Crippen molar-refractivity contribution in [3.05, 3.63) is 28.8 Å². The first-order valence-electron chi connectivity index (χ1n) is 5.12. The van der Waals surface area contributed by atoms with Crippen LogP contribution in [0.15, 0.2) is 28.2 Å². The number of fused-ring (bicyclic) bond motifs is 1. The van der Waals surface area contributed by atoms with Crippen LogP contribution in [0.1, 0.15) is 18.9 Å². The van der Waals surface area contributed by atoms with Gasteiger partial charge in [0.2, 0.25) is 0 Å². The van der Waals surface area contributed by atoms with Crippen molar-refractivity contribution in [2.75, 3.05) is 6.54 Å². The first-order chi connectivity index (χ1) is 7.74. The fourth-order valence-corrected chi connectivity index (χ4v) is 1.83. The van der Waals surface area contributed by atoms with Crippen LogP contribution < -0.4 is 11.3 Å². The molecule has 0 radical (unpaired) electrons. The Hall–Kier alpha value is -1.39. The average Bonchev–Trinajstić information content (AvgIpc) is 2.47. The topological polar surface area (TPSA) is 62.8 Å². The summed E-state index contributed by atoms with van der Waals surface area (Å²) in [7, 11) is 0. The number of rotatable bonds is 1. The van der Waals surface area contributed by atoms with Crippen molar-refractivity contribution in [3.63, 3.8) is 0 Å². The summed E-state index contributed by atoms with van der Waals surface area (Å²) >= 11 is 5.98. The zero-order valence-electron chi connectivity index (χ0n) is 9.00. The lowest BCUT2D eigenvalue weighted by molar-refractivity contribution is 0.991. The first-order valence-corrected chi connectivity index (χ1v) is 5.49. The number of halogens is 1. The molecule has 1 aliphatic heterocycles. The lowest BCUT2D eigenvalue weighted by Gasteiger charge is -2.05. The number of nitrogens with one attached hydrogen (secondary N) is 1. The molecule has 16 heavy (non-hydrogen) atoms. The zero-order chi connectivity index (χ0) is 11.5. The molecule has 1 aliphatic rings. The molecule has 4 nitrogen and oxygen atoms in total. The maximum absolute atomic E-state index is 5.98. The van der Waals surface area contributed by atoms with E-state index in [0.29, 0.717) is 17.4 Å².